The molecule has 0 N–H and O–H groups in total. The third kappa shape index (κ3) is 4.93. The fraction of sp³-hybridized carbons (Fsp3) is 0. The van der Waals surface area contributed by atoms with E-state index in [4.69, 9.17) is 28.8 Å². The molecule has 4 heterocycles. The molecule has 0 radical (unpaired) electrons. The van der Waals surface area contributed by atoms with E-state index in [1.165, 1.54) is 9.40 Å². The Balaban J connectivity index is 1.02. The van der Waals surface area contributed by atoms with Crippen LogP contribution in [-0.4, -0.2) is 19.9 Å². The Kier molecular flexibility index (Phi) is 6.62. The van der Waals surface area contributed by atoms with Gasteiger partial charge in [0.1, 0.15) is 16.7 Å². The quantitative estimate of drug-likeness (QED) is 0.178. The van der Waals surface area contributed by atoms with Crippen molar-refractivity contribution in [1.29, 1.82) is 0 Å². The summed E-state index contributed by atoms with van der Waals surface area (Å²) in [6.45, 7) is 0. The van der Waals surface area contributed by atoms with E-state index in [1.54, 1.807) is 11.3 Å². The van der Waals surface area contributed by atoms with Gasteiger partial charge in [-0.15, -0.1) is 11.3 Å². The lowest BCUT2D eigenvalue weighted by Crippen LogP contribution is -2.00. The zero-order valence-corrected chi connectivity index (χ0v) is 28.8. The molecule has 7 heteroatoms. The SMILES string of the molecule is c1ccc(-c2nc(-c3ccc(-c4ccc5sc6ccc7nc(-c8ccccc8)oc7c6c5c4)cc3)nc(-c3cccc4oc5ccccc5c34)n2)cc1. The van der Waals surface area contributed by atoms with E-state index in [-0.39, 0.29) is 0 Å². The topological polar surface area (TPSA) is 77.8 Å². The maximum atomic E-state index is 6.44. The molecule has 7 aromatic carbocycles. The highest BCUT2D eigenvalue weighted by Gasteiger charge is 2.19. The Morgan fingerprint density at radius 3 is 1.85 bits per heavy atom. The molecule has 0 saturated heterocycles. The molecule has 0 unspecified atom stereocenters. The zero-order valence-electron chi connectivity index (χ0n) is 28.0. The lowest BCUT2D eigenvalue weighted by atomic mass is 10.0. The molecule has 0 saturated carbocycles. The van der Waals surface area contributed by atoms with Gasteiger partial charge in [0.05, 0.1) is 0 Å². The first-order valence-corrected chi connectivity index (χ1v) is 18.2. The molecule has 248 valence electrons. The number of hydrogen-bond donors (Lipinski definition) is 0. The van der Waals surface area contributed by atoms with Crippen LogP contribution in [0.5, 0.6) is 0 Å². The Morgan fingerprint density at radius 2 is 1.04 bits per heavy atom. The minimum Gasteiger partial charge on any atom is -0.456 e. The van der Waals surface area contributed by atoms with Crippen molar-refractivity contribution in [2.75, 3.05) is 0 Å². The fourth-order valence-electron chi connectivity index (χ4n) is 7.25. The summed E-state index contributed by atoms with van der Waals surface area (Å²) >= 11 is 1.77. The second-order valence-corrected chi connectivity index (χ2v) is 14.1. The van der Waals surface area contributed by atoms with Crippen molar-refractivity contribution in [2.24, 2.45) is 0 Å². The smallest absolute Gasteiger partial charge is 0.227 e. The van der Waals surface area contributed by atoms with E-state index in [9.17, 15) is 0 Å². The number of rotatable bonds is 5. The Bertz CT molecular complexity index is 3160. The van der Waals surface area contributed by atoms with Crippen molar-refractivity contribution < 1.29 is 8.83 Å². The Labute approximate surface area is 306 Å². The number of oxazole rings is 1. The molecule has 11 aromatic rings. The first-order valence-electron chi connectivity index (χ1n) is 17.4. The molecule has 0 atom stereocenters. The number of para-hydroxylation sites is 1. The van der Waals surface area contributed by atoms with Gasteiger partial charge in [-0.05, 0) is 59.7 Å². The van der Waals surface area contributed by atoms with Crippen LogP contribution in [0.2, 0.25) is 0 Å². The molecule has 0 aliphatic carbocycles. The van der Waals surface area contributed by atoms with Gasteiger partial charge in [-0.25, -0.2) is 19.9 Å². The maximum absolute atomic E-state index is 6.44. The summed E-state index contributed by atoms with van der Waals surface area (Å²) in [5, 5.41) is 4.28. The predicted octanol–water partition coefficient (Wildman–Crippen LogP) is 12.6. The number of furan rings is 1. The minimum absolute atomic E-state index is 0.596. The van der Waals surface area contributed by atoms with Crippen LogP contribution in [0.15, 0.2) is 167 Å². The molecule has 0 fully saturated rings. The molecule has 4 aromatic heterocycles. The Hall–Kier alpha value is -6.96. The molecule has 0 aliphatic heterocycles. The molecule has 11 rings (SSSR count). The lowest BCUT2D eigenvalue weighted by Gasteiger charge is -2.10. The van der Waals surface area contributed by atoms with E-state index in [0.29, 0.717) is 23.4 Å². The number of fused-ring (bicyclic) bond motifs is 8. The van der Waals surface area contributed by atoms with Crippen LogP contribution in [0.3, 0.4) is 0 Å². The van der Waals surface area contributed by atoms with Gasteiger partial charge in [-0.1, -0.05) is 109 Å². The van der Waals surface area contributed by atoms with Crippen molar-refractivity contribution in [3.63, 3.8) is 0 Å². The van der Waals surface area contributed by atoms with Crippen LogP contribution in [0.25, 0.3) is 110 Å². The number of nitrogens with zero attached hydrogens (tertiary/aromatic N) is 4. The first-order chi connectivity index (χ1) is 26.2. The number of thiophene rings is 1. The summed E-state index contributed by atoms with van der Waals surface area (Å²) in [5.74, 6) is 2.44. The number of hydrogen-bond acceptors (Lipinski definition) is 7. The van der Waals surface area contributed by atoms with Gasteiger partial charge in [0.2, 0.25) is 5.89 Å². The van der Waals surface area contributed by atoms with E-state index in [0.717, 1.165) is 77.2 Å². The van der Waals surface area contributed by atoms with Gasteiger partial charge < -0.3 is 8.83 Å². The number of benzene rings is 7. The standard InChI is InChI=1S/C46H26N4O2S/c1-3-10-28(11-4-1)43-48-44(50-45(49-43)33-15-9-17-37-40(33)32-14-7-8-16-36(32)51-37)29-20-18-27(19-21-29)31-22-24-38-34(26-31)41-39(53-38)25-23-35-42(41)52-46(47-35)30-12-5-2-6-13-30/h1-26H. The largest absolute Gasteiger partial charge is 0.456 e. The lowest BCUT2D eigenvalue weighted by molar-refractivity contribution is 0.623. The van der Waals surface area contributed by atoms with Crippen LogP contribution < -0.4 is 0 Å². The van der Waals surface area contributed by atoms with Gasteiger partial charge >= 0.3 is 0 Å². The Morgan fingerprint density at radius 1 is 0.396 bits per heavy atom. The second-order valence-electron chi connectivity index (χ2n) is 13.0. The third-order valence-electron chi connectivity index (χ3n) is 9.80. The maximum Gasteiger partial charge on any atom is 0.227 e. The molecule has 0 bridgehead atoms. The van der Waals surface area contributed by atoms with E-state index >= 15 is 0 Å². The van der Waals surface area contributed by atoms with Crippen molar-refractivity contribution in [3.8, 4) is 56.7 Å². The van der Waals surface area contributed by atoms with E-state index in [2.05, 4.69) is 66.7 Å². The molecule has 6 nitrogen and oxygen atoms in total. The molecule has 0 aliphatic rings. The predicted molar refractivity (Wildman–Crippen MR) is 215 cm³/mol. The molecular weight excluding hydrogens is 673 g/mol. The van der Waals surface area contributed by atoms with Crippen LogP contribution in [0.4, 0.5) is 0 Å². The van der Waals surface area contributed by atoms with Crippen molar-refractivity contribution in [1.82, 2.24) is 19.9 Å². The van der Waals surface area contributed by atoms with Crippen molar-refractivity contribution >= 4 is 64.5 Å². The van der Waals surface area contributed by atoms with Crippen LogP contribution in [-0.2, 0) is 0 Å². The summed E-state index contributed by atoms with van der Waals surface area (Å²) in [6.07, 6.45) is 0. The van der Waals surface area contributed by atoms with Gasteiger partial charge in [-0.2, -0.15) is 0 Å². The van der Waals surface area contributed by atoms with Crippen LogP contribution in [0.1, 0.15) is 0 Å². The highest BCUT2D eigenvalue weighted by Crippen LogP contribution is 2.42. The van der Waals surface area contributed by atoms with Crippen LogP contribution >= 0.6 is 11.3 Å². The van der Waals surface area contributed by atoms with E-state index < -0.39 is 0 Å². The van der Waals surface area contributed by atoms with Crippen LogP contribution in [0, 0.1) is 0 Å². The summed E-state index contributed by atoms with van der Waals surface area (Å²) in [5.41, 5.74) is 9.20. The molecule has 0 spiro atoms. The number of aromatic nitrogens is 4. The average molecular weight is 699 g/mol. The second kappa shape index (κ2) is 11.8. The molecular formula is C46H26N4O2S. The first kappa shape index (κ1) is 29.7. The summed E-state index contributed by atoms with van der Waals surface area (Å²) in [7, 11) is 0. The van der Waals surface area contributed by atoms with Gasteiger partial charge in [0.15, 0.2) is 23.1 Å². The summed E-state index contributed by atoms with van der Waals surface area (Å²) in [6, 6.07) is 53.5. The highest BCUT2D eigenvalue weighted by atomic mass is 32.1. The van der Waals surface area contributed by atoms with Gasteiger partial charge in [0, 0.05) is 53.2 Å². The minimum atomic E-state index is 0.596. The van der Waals surface area contributed by atoms with Crippen molar-refractivity contribution in [2.45, 2.75) is 0 Å². The fourth-order valence-corrected chi connectivity index (χ4v) is 8.33. The van der Waals surface area contributed by atoms with E-state index in [1.807, 2.05) is 91.0 Å². The normalized spacial score (nSPS) is 11.8. The van der Waals surface area contributed by atoms with Gasteiger partial charge in [-0.3, -0.25) is 0 Å². The third-order valence-corrected chi connectivity index (χ3v) is 10.9. The average Bonchev–Trinajstić information content (AvgIpc) is 3.94. The van der Waals surface area contributed by atoms with Crippen molar-refractivity contribution in [3.05, 3.63) is 158 Å². The monoisotopic (exact) mass is 698 g/mol. The molecule has 53 heavy (non-hydrogen) atoms. The van der Waals surface area contributed by atoms with Gasteiger partial charge in [0.25, 0.3) is 0 Å². The zero-order chi connectivity index (χ0) is 34.9. The molecule has 0 amide bonds. The summed E-state index contributed by atoms with van der Waals surface area (Å²) in [4.78, 5) is 19.9. The summed E-state index contributed by atoms with van der Waals surface area (Å²) < 4.78 is 15.0. The highest BCUT2D eigenvalue weighted by molar-refractivity contribution is 7.26.